The Hall–Kier alpha value is -0.0400. The molecule has 3 fully saturated rings. The van der Waals surface area contributed by atoms with Gasteiger partial charge in [0.15, 0.2) is 0 Å². The third-order valence-electron chi connectivity index (χ3n) is 4.30. The highest BCUT2D eigenvalue weighted by atomic mass is 16.5. The highest BCUT2D eigenvalue weighted by Gasteiger charge is 2.44. The van der Waals surface area contributed by atoms with E-state index in [1.54, 1.807) is 0 Å². The first-order chi connectivity index (χ1) is 5.95. The lowest BCUT2D eigenvalue weighted by molar-refractivity contribution is -0.0666. The molecule has 3 rings (SSSR count). The molecule has 1 aliphatic heterocycles. The van der Waals surface area contributed by atoms with Crippen molar-refractivity contribution in [1.82, 2.24) is 0 Å². The van der Waals surface area contributed by atoms with Crippen molar-refractivity contribution in [3.63, 3.8) is 0 Å². The number of ether oxygens (including phenoxy) is 1. The van der Waals surface area contributed by atoms with Gasteiger partial charge in [-0.1, -0.05) is 12.8 Å². The molecule has 0 radical (unpaired) electrons. The average Bonchev–Trinajstić information content (AvgIpc) is 2.71. The van der Waals surface area contributed by atoms with E-state index in [0.29, 0.717) is 6.10 Å². The van der Waals surface area contributed by atoms with Gasteiger partial charge in [-0.05, 0) is 43.4 Å². The van der Waals surface area contributed by atoms with E-state index in [-0.39, 0.29) is 0 Å². The quantitative estimate of drug-likeness (QED) is 0.537. The summed E-state index contributed by atoms with van der Waals surface area (Å²) in [6, 6.07) is 0. The van der Waals surface area contributed by atoms with Crippen LogP contribution < -0.4 is 0 Å². The summed E-state index contributed by atoms with van der Waals surface area (Å²) >= 11 is 0. The second-order valence-corrected chi connectivity index (χ2v) is 4.82. The molecule has 0 N–H and O–H groups in total. The average molecular weight is 166 g/mol. The fourth-order valence-corrected chi connectivity index (χ4v) is 3.73. The maximum Gasteiger partial charge on any atom is 0.0606 e. The molecule has 0 aromatic rings. The van der Waals surface area contributed by atoms with Crippen molar-refractivity contribution in [1.29, 1.82) is 0 Å². The number of fused-ring (bicyclic) bond motifs is 3. The summed E-state index contributed by atoms with van der Waals surface area (Å²) in [6.45, 7) is 1.09. The van der Waals surface area contributed by atoms with Crippen LogP contribution in [0.4, 0.5) is 0 Å². The van der Waals surface area contributed by atoms with Gasteiger partial charge >= 0.3 is 0 Å². The fraction of sp³-hybridized carbons (Fsp3) is 1.00. The van der Waals surface area contributed by atoms with Gasteiger partial charge in [-0.25, -0.2) is 0 Å². The molecule has 0 spiro atoms. The summed E-state index contributed by atoms with van der Waals surface area (Å²) in [4.78, 5) is 0. The summed E-state index contributed by atoms with van der Waals surface area (Å²) in [5.74, 6) is 2.97. The molecule has 4 atom stereocenters. The Balaban J connectivity index is 1.81. The van der Waals surface area contributed by atoms with Crippen LogP contribution in [0, 0.1) is 17.8 Å². The van der Waals surface area contributed by atoms with Crippen LogP contribution in [0.2, 0.25) is 0 Å². The Morgan fingerprint density at radius 1 is 0.833 bits per heavy atom. The Bertz CT molecular complexity index is 158. The van der Waals surface area contributed by atoms with Gasteiger partial charge in [0.05, 0.1) is 12.7 Å². The van der Waals surface area contributed by atoms with Crippen molar-refractivity contribution < 1.29 is 4.74 Å². The molecule has 4 unspecified atom stereocenters. The van der Waals surface area contributed by atoms with Crippen LogP contribution in [0.15, 0.2) is 0 Å². The predicted molar refractivity (Wildman–Crippen MR) is 47.9 cm³/mol. The van der Waals surface area contributed by atoms with Gasteiger partial charge in [0.25, 0.3) is 0 Å². The van der Waals surface area contributed by atoms with Crippen LogP contribution in [0.25, 0.3) is 0 Å². The first-order valence-electron chi connectivity index (χ1n) is 5.57. The molecule has 1 saturated heterocycles. The molecule has 0 aromatic heterocycles. The molecule has 1 heteroatoms. The van der Waals surface area contributed by atoms with Crippen LogP contribution in [0.5, 0.6) is 0 Å². The SMILES string of the molecule is C1CC2COC3CCCC3C2C1. The summed E-state index contributed by atoms with van der Waals surface area (Å²) < 4.78 is 5.92. The van der Waals surface area contributed by atoms with Crippen LogP contribution in [-0.4, -0.2) is 12.7 Å². The lowest BCUT2D eigenvalue weighted by Gasteiger charge is -2.36. The third-order valence-corrected chi connectivity index (χ3v) is 4.30. The number of hydrogen-bond acceptors (Lipinski definition) is 1. The van der Waals surface area contributed by atoms with E-state index < -0.39 is 0 Å². The van der Waals surface area contributed by atoms with Crippen LogP contribution in [-0.2, 0) is 4.74 Å². The largest absolute Gasteiger partial charge is 0.378 e. The minimum absolute atomic E-state index is 0.671. The van der Waals surface area contributed by atoms with Gasteiger partial charge in [-0.15, -0.1) is 0 Å². The van der Waals surface area contributed by atoms with Gasteiger partial charge in [0.1, 0.15) is 0 Å². The second-order valence-electron chi connectivity index (χ2n) is 4.82. The smallest absolute Gasteiger partial charge is 0.0606 e. The predicted octanol–water partition coefficient (Wildman–Crippen LogP) is 2.60. The van der Waals surface area contributed by atoms with Crippen molar-refractivity contribution in [3.05, 3.63) is 0 Å². The molecule has 2 aliphatic carbocycles. The zero-order chi connectivity index (χ0) is 7.97. The lowest BCUT2D eigenvalue weighted by atomic mass is 9.80. The van der Waals surface area contributed by atoms with Crippen molar-refractivity contribution in [2.45, 2.75) is 44.6 Å². The van der Waals surface area contributed by atoms with E-state index in [1.807, 2.05) is 0 Å². The van der Waals surface area contributed by atoms with Gasteiger partial charge in [0, 0.05) is 0 Å². The second kappa shape index (κ2) is 2.73. The monoisotopic (exact) mass is 166 g/mol. The van der Waals surface area contributed by atoms with Gasteiger partial charge in [0.2, 0.25) is 0 Å². The molecule has 0 bridgehead atoms. The Kier molecular flexibility index (Phi) is 1.68. The first kappa shape index (κ1) is 7.37. The summed E-state index contributed by atoms with van der Waals surface area (Å²) in [5.41, 5.74) is 0. The van der Waals surface area contributed by atoms with Crippen molar-refractivity contribution in [3.8, 4) is 0 Å². The van der Waals surface area contributed by atoms with Crippen molar-refractivity contribution in [2.24, 2.45) is 17.8 Å². The molecule has 1 heterocycles. The molecular formula is C11H18O. The minimum atomic E-state index is 0.671. The van der Waals surface area contributed by atoms with E-state index in [0.717, 1.165) is 24.4 Å². The highest BCUT2D eigenvalue weighted by molar-refractivity contribution is 4.93. The van der Waals surface area contributed by atoms with E-state index in [1.165, 1.54) is 38.5 Å². The molecular weight excluding hydrogens is 148 g/mol. The van der Waals surface area contributed by atoms with Crippen LogP contribution in [0.3, 0.4) is 0 Å². The minimum Gasteiger partial charge on any atom is -0.378 e. The van der Waals surface area contributed by atoms with Crippen LogP contribution >= 0.6 is 0 Å². The number of rotatable bonds is 0. The molecule has 1 nitrogen and oxygen atoms in total. The summed E-state index contributed by atoms with van der Waals surface area (Å²) in [7, 11) is 0. The fourth-order valence-electron chi connectivity index (χ4n) is 3.73. The zero-order valence-corrected chi connectivity index (χ0v) is 7.67. The normalized spacial score (nSPS) is 52.0. The molecule has 0 aromatic carbocycles. The Labute approximate surface area is 74.5 Å². The van der Waals surface area contributed by atoms with E-state index in [2.05, 4.69) is 0 Å². The van der Waals surface area contributed by atoms with Crippen molar-refractivity contribution in [2.75, 3.05) is 6.61 Å². The highest BCUT2D eigenvalue weighted by Crippen LogP contribution is 2.48. The maximum absolute atomic E-state index is 5.92. The molecule has 68 valence electrons. The first-order valence-corrected chi connectivity index (χ1v) is 5.57. The number of hydrogen-bond donors (Lipinski definition) is 0. The van der Waals surface area contributed by atoms with E-state index in [4.69, 9.17) is 4.74 Å². The van der Waals surface area contributed by atoms with Gasteiger partial charge in [-0.2, -0.15) is 0 Å². The zero-order valence-electron chi connectivity index (χ0n) is 7.67. The lowest BCUT2D eigenvalue weighted by Crippen LogP contribution is -2.36. The van der Waals surface area contributed by atoms with E-state index >= 15 is 0 Å². The van der Waals surface area contributed by atoms with Gasteiger partial charge in [-0.3, -0.25) is 0 Å². The third kappa shape index (κ3) is 0.953. The summed E-state index contributed by atoms with van der Waals surface area (Å²) in [5, 5.41) is 0. The van der Waals surface area contributed by atoms with E-state index in [9.17, 15) is 0 Å². The standard InChI is InChI=1S/C11H18O/c1-3-8-7-12-11-6-2-5-10(11)9(8)4-1/h8-11H,1-7H2. The van der Waals surface area contributed by atoms with Crippen LogP contribution in [0.1, 0.15) is 38.5 Å². The summed E-state index contributed by atoms with van der Waals surface area (Å²) in [6.07, 6.45) is 9.35. The molecule has 12 heavy (non-hydrogen) atoms. The molecule has 2 saturated carbocycles. The van der Waals surface area contributed by atoms with Gasteiger partial charge < -0.3 is 4.74 Å². The topological polar surface area (TPSA) is 9.23 Å². The van der Waals surface area contributed by atoms with Crippen molar-refractivity contribution >= 4 is 0 Å². The molecule has 3 aliphatic rings. The maximum atomic E-state index is 5.92. The Morgan fingerprint density at radius 3 is 2.67 bits per heavy atom. The Morgan fingerprint density at radius 2 is 1.67 bits per heavy atom. The molecule has 0 amide bonds.